The van der Waals surface area contributed by atoms with Crippen molar-refractivity contribution in [3.05, 3.63) is 193 Å². The van der Waals surface area contributed by atoms with Gasteiger partial charge in [0.05, 0.1) is 39.8 Å². The summed E-state index contributed by atoms with van der Waals surface area (Å²) >= 11 is 0. The van der Waals surface area contributed by atoms with Crippen LogP contribution in [0, 0.1) is 34.5 Å². The Bertz CT molecular complexity index is 4280. The van der Waals surface area contributed by atoms with Gasteiger partial charge in [0.2, 0.25) is 0 Å². The van der Waals surface area contributed by atoms with Gasteiger partial charge in [-0.2, -0.15) is 10.5 Å². The predicted molar refractivity (Wildman–Crippen MR) is 299 cm³/mol. The molecule has 3 heteroatoms. The molecule has 4 atom stereocenters. The van der Waals surface area contributed by atoms with Crippen LogP contribution in [0.5, 0.6) is 0 Å². The number of nitriles is 2. The Labute approximate surface area is 428 Å². The molecule has 2 heterocycles. The minimum absolute atomic E-state index is 0.0285. The van der Waals surface area contributed by atoms with Gasteiger partial charge in [0.15, 0.2) is 0 Å². The Morgan fingerprint density at radius 1 is 0.493 bits per heavy atom. The van der Waals surface area contributed by atoms with E-state index in [0.717, 1.165) is 34.0 Å². The van der Waals surface area contributed by atoms with Crippen molar-refractivity contribution in [2.75, 3.05) is 0 Å². The molecule has 8 aromatic carbocycles. The second-order valence-corrected chi connectivity index (χ2v) is 26.2. The van der Waals surface area contributed by atoms with Gasteiger partial charge in [0.1, 0.15) is 0 Å². The first-order valence-corrected chi connectivity index (χ1v) is 27.3. The Morgan fingerprint density at radius 3 is 1.63 bits per heavy atom. The molecule has 0 aliphatic heterocycles. The van der Waals surface area contributed by atoms with Crippen molar-refractivity contribution in [2.45, 2.75) is 127 Å². The van der Waals surface area contributed by atoms with E-state index in [1.807, 2.05) is 0 Å². The molecule has 8 aliphatic carbocycles. The molecule has 2 aromatic heterocycles. The second-order valence-electron chi connectivity index (χ2n) is 26.2. The van der Waals surface area contributed by atoms with E-state index in [0.29, 0.717) is 11.8 Å². The van der Waals surface area contributed by atoms with Gasteiger partial charge in [-0.3, -0.25) is 0 Å². The third-order valence-corrected chi connectivity index (χ3v) is 19.9. The fraction of sp³-hybridized carbons (Fsp3) is 0.314. The van der Waals surface area contributed by atoms with Crippen molar-refractivity contribution in [3.63, 3.8) is 0 Å². The monoisotopic (exact) mass is 941 g/mol. The van der Waals surface area contributed by atoms with Crippen molar-refractivity contribution < 1.29 is 0 Å². The van der Waals surface area contributed by atoms with Crippen LogP contribution in [0.1, 0.15) is 189 Å². The average Bonchev–Trinajstić information content (AvgIpc) is 3.92. The lowest BCUT2D eigenvalue weighted by Crippen LogP contribution is -2.30. The van der Waals surface area contributed by atoms with E-state index in [2.05, 4.69) is 187 Å². The van der Waals surface area contributed by atoms with Gasteiger partial charge in [-0.15, -0.1) is 0 Å². The van der Waals surface area contributed by atoms with Gasteiger partial charge >= 0.3 is 0 Å². The molecular weight excluding hydrogens is 883 g/mol. The summed E-state index contributed by atoms with van der Waals surface area (Å²) in [4.78, 5) is 0. The molecule has 4 unspecified atom stereocenters. The third-order valence-electron chi connectivity index (χ3n) is 19.9. The molecule has 6 bridgehead atoms. The molecule has 2 fully saturated rings. The van der Waals surface area contributed by atoms with Crippen LogP contribution in [0.25, 0.3) is 71.1 Å². The summed E-state index contributed by atoms with van der Waals surface area (Å²) in [6, 6.07) is 50.7. The lowest BCUT2D eigenvalue weighted by molar-refractivity contribution is 0.166. The molecule has 3 nitrogen and oxygen atoms in total. The quantitative estimate of drug-likeness (QED) is 0.165. The van der Waals surface area contributed by atoms with Crippen molar-refractivity contribution in [2.24, 2.45) is 11.8 Å². The van der Waals surface area contributed by atoms with E-state index < -0.39 is 0 Å². The molecule has 0 spiro atoms. The van der Waals surface area contributed by atoms with Crippen LogP contribution in [0.3, 0.4) is 0 Å². The molecule has 10 aromatic rings. The van der Waals surface area contributed by atoms with Gasteiger partial charge < -0.3 is 4.40 Å². The molecule has 8 aliphatic rings. The van der Waals surface area contributed by atoms with Crippen LogP contribution >= 0.6 is 0 Å². The lowest BCUT2D eigenvalue weighted by Gasteiger charge is -2.44. The smallest absolute Gasteiger partial charge is 0.0995 e. The molecule has 0 N–H and O–H groups in total. The third kappa shape index (κ3) is 5.24. The summed E-state index contributed by atoms with van der Waals surface area (Å²) in [6.45, 7) is 18.7. The van der Waals surface area contributed by atoms with Gasteiger partial charge in [-0.1, -0.05) is 140 Å². The highest BCUT2D eigenvalue weighted by molar-refractivity contribution is 6.27. The highest BCUT2D eigenvalue weighted by Gasteiger charge is 2.48. The van der Waals surface area contributed by atoms with Crippen LogP contribution < -0.4 is 0 Å². The largest absolute Gasteiger partial charge is 0.308 e. The zero-order chi connectivity index (χ0) is 49.5. The highest BCUT2D eigenvalue weighted by atomic mass is 14.9. The van der Waals surface area contributed by atoms with Crippen molar-refractivity contribution in [1.29, 1.82) is 10.5 Å². The van der Waals surface area contributed by atoms with Crippen LogP contribution in [0.2, 0.25) is 0 Å². The Morgan fingerprint density at radius 2 is 1.03 bits per heavy atom. The minimum Gasteiger partial charge on any atom is -0.308 e. The summed E-state index contributed by atoms with van der Waals surface area (Å²) in [5.41, 5.74) is 26.2. The maximum atomic E-state index is 11.6. The Kier molecular flexibility index (Phi) is 7.94. The Balaban J connectivity index is 1.09. The molecule has 0 amide bonds. The van der Waals surface area contributed by atoms with E-state index in [9.17, 15) is 10.5 Å². The summed E-state index contributed by atoms with van der Waals surface area (Å²) in [6.07, 6.45) is 6.18. The highest BCUT2D eigenvalue weighted by Crippen LogP contribution is 2.63. The minimum atomic E-state index is -0.177. The Hall–Kier alpha value is -7.20. The van der Waals surface area contributed by atoms with Gasteiger partial charge in [-0.05, 0) is 197 Å². The van der Waals surface area contributed by atoms with E-state index in [1.54, 1.807) is 0 Å². The fourth-order valence-corrected chi connectivity index (χ4v) is 16.9. The zero-order valence-electron chi connectivity index (χ0n) is 43.3. The van der Waals surface area contributed by atoms with Gasteiger partial charge in [0.25, 0.3) is 0 Å². The molecule has 0 radical (unpaired) electrons. The normalized spacial score (nSPS) is 22.6. The lowest BCUT2D eigenvalue weighted by atomic mass is 9.58. The molecule has 354 valence electrons. The number of benzene rings is 8. The van der Waals surface area contributed by atoms with Crippen molar-refractivity contribution >= 4 is 48.9 Å². The maximum Gasteiger partial charge on any atom is 0.0995 e. The van der Waals surface area contributed by atoms with Crippen LogP contribution in [0.4, 0.5) is 0 Å². The number of hydrogen-bond acceptors (Lipinski definition) is 2. The first kappa shape index (κ1) is 42.3. The van der Waals surface area contributed by atoms with Crippen molar-refractivity contribution in [1.82, 2.24) is 4.40 Å². The summed E-state index contributed by atoms with van der Waals surface area (Å²) in [5, 5.41) is 30.7. The van der Waals surface area contributed by atoms with Gasteiger partial charge in [-0.25, -0.2) is 0 Å². The number of nitrogens with zero attached hydrogens (tertiary/aromatic N) is 3. The van der Waals surface area contributed by atoms with Crippen LogP contribution in [0.15, 0.2) is 115 Å². The zero-order valence-corrected chi connectivity index (χ0v) is 43.3. The topological polar surface area (TPSA) is 52.0 Å². The van der Waals surface area contributed by atoms with E-state index in [1.165, 1.54) is 159 Å². The molecule has 73 heavy (non-hydrogen) atoms. The molecular formula is C70H59N3. The summed E-state index contributed by atoms with van der Waals surface area (Å²) < 4.78 is 2.54. The van der Waals surface area contributed by atoms with E-state index in [-0.39, 0.29) is 28.1 Å². The summed E-state index contributed by atoms with van der Waals surface area (Å²) in [7, 11) is 0. The molecule has 2 saturated carbocycles. The van der Waals surface area contributed by atoms with E-state index >= 15 is 0 Å². The number of rotatable bonds is 1. The fourth-order valence-electron chi connectivity index (χ4n) is 16.9. The standard InChI is InChI=1S/C70H59N3/c1-68(2,3)42-18-20-47-50(30-42)62-46-19-17-43(69(4,5)6)31-51(46)63(47)66-60(62)41(34-72)29-57-65(66)53-27-37(49-32-55-61(45-14-10-9-13-44(45)49)48-15-11-12-16-54(48)70(55,7)8)26-52-64-56(73(57)67(52)53)28-40(33-71)58-38-22-35-21-36(23-38)25-39(24-35)59(58)64/h9-20,26-32,35-36,38-39,62-63H,21-25H2,1-8H3. The van der Waals surface area contributed by atoms with Crippen molar-refractivity contribution in [3.8, 4) is 34.4 Å². The van der Waals surface area contributed by atoms with E-state index in [4.69, 9.17) is 0 Å². The van der Waals surface area contributed by atoms with Crippen LogP contribution in [-0.4, -0.2) is 4.40 Å². The predicted octanol–water partition coefficient (Wildman–Crippen LogP) is 17.7. The maximum absolute atomic E-state index is 11.6. The number of aromatic nitrogens is 1. The van der Waals surface area contributed by atoms with Crippen LogP contribution in [-0.2, 0) is 16.2 Å². The number of fused-ring (bicyclic) bond motifs is 11. The first-order valence-electron chi connectivity index (χ1n) is 27.3. The SMILES string of the molecule is CC(C)(C)c1ccc2c(c1)C1c3ccc(C(C)(C)C)cc3C2c2c1c(C#N)cc1c2c2cc(-c3cc4c(c5ccccc35)-c3ccccc3C4(C)C)cc3c4c5c(c(C#N)cc4n1c32)C1CC2CC(C1)CC5C2. The molecule has 0 saturated heterocycles. The average molecular weight is 942 g/mol. The summed E-state index contributed by atoms with van der Waals surface area (Å²) in [5.74, 6) is 2.17. The first-order chi connectivity index (χ1) is 35.1. The number of hydrogen-bond donors (Lipinski definition) is 0. The second kappa shape index (κ2) is 13.7. The van der Waals surface area contributed by atoms with Gasteiger partial charge in [0, 0.05) is 38.8 Å². The molecule has 18 rings (SSSR count).